The summed E-state index contributed by atoms with van der Waals surface area (Å²) in [5, 5.41) is 13.9. The molecule has 4 rings (SSSR count). The van der Waals surface area contributed by atoms with Crippen LogP contribution in [-0.4, -0.2) is 23.9 Å². The lowest BCUT2D eigenvalue weighted by molar-refractivity contribution is -0.384. The molecule has 1 aliphatic rings. The van der Waals surface area contributed by atoms with E-state index in [1.54, 1.807) is 6.07 Å². The van der Waals surface area contributed by atoms with E-state index >= 15 is 0 Å². The zero-order valence-corrected chi connectivity index (χ0v) is 16.5. The molecule has 1 N–H and O–H groups in total. The second kappa shape index (κ2) is 8.27. The Morgan fingerprint density at radius 2 is 1.90 bits per heavy atom. The molecule has 8 nitrogen and oxygen atoms in total. The summed E-state index contributed by atoms with van der Waals surface area (Å²) in [5.41, 5.74) is 2.00. The third kappa shape index (κ3) is 4.09. The van der Waals surface area contributed by atoms with Crippen LogP contribution in [0.1, 0.15) is 37.9 Å². The summed E-state index contributed by atoms with van der Waals surface area (Å²) in [6, 6.07) is 18.2. The van der Waals surface area contributed by atoms with Gasteiger partial charge < -0.3 is 14.8 Å². The maximum absolute atomic E-state index is 12.8. The molecule has 0 aromatic heterocycles. The number of cyclic esters (lactones) is 1. The van der Waals surface area contributed by atoms with Gasteiger partial charge in [0.1, 0.15) is 17.5 Å². The van der Waals surface area contributed by atoms with Crippen LogP contribution in [0.4, 0.5) is 11.4 Å². The molecule has 0 saturated carbocycles. The Morgan fingerprint density at radius 1 is 1.13 bits per heavy atom. The largest absolute Gasteiger partial charge is 0.496 e. The van der Waals surface area contributed by atoms with Crippen molar-refractivity contribution in [3.63, 3.8) is 0 Å². The molecule has 0 aliphatic carbocycles. The molecule has 1 heterocycles. The Labute approximate surface area is 177 Å². The number of anilines is 1. The van der Waals surface area contributed by atoms with Crippen molar-refractivity contribution in [2.45, 2.75) is 12.5 Å². The fourth-order valence-corrected chi connectivity index (χ4v) is 3.48. The van der Waals surface area contributed by atoms with Gasteiger partial charge in [-0.15, -0.1) is 0 Å². The molecule has 1 aliphatic heterocycles. The summed E-state index contributed by atoms with van der Waals surface area (Å²) in [6.45, 7) is 0. The Bertz CT molecular complexity index is 1180. The molecular formula is C23H18N2O6. The van der Waals surface area contributed by atoms with Gasteiger partial charge in [-0.2, -0.15) is 0 Å². The molecule has 0 spiro atoms. The first-order valence-corrected chi connectivity index (χ1v) is 9.49. The summed E-state index contributed by atoms with van der Waals surface area (Å²) in [5.74, 6) is -0.664. The number of nitrogens with one attached hydrogen (secondary N) is 1. The Morgan fingerprint density at radius 3 is 2.61 bits per heavy atom. The third-order valence-corrected chi connectivity index (χ3v) is 5.06. The first-order chi connectivity index (χ1) is 15.0. The molecule has 8 heteroatoms. The van der Waals surface area contributed by atoms with Crippen molar-refractivity contribution in [2.24, 2.45) is 0 Å². The molecule has 0 radical (unpaired) electrons. The minimum absolute atomic E-state index is 0.0510. The highest BCUT2D eigenvalue weighted by atomic mass is 16.6. The zero-order chi connectivity index (χ0) is 22.0. The van der Waals surface area contributed by atoms with Crippen LogP contribution < -0.4 is 10.1 Å². The smallest absolute Gasteiger partial charge is 0.339 e. The highest BCUT2D eigenvalue weighted by molar-refractivity contribution is 6.06. The number of fused-ring (bicyclic) bond motifs is 1. The van der Waals surface area contributed by atoms with E-state index in [1.165, 1.54) is 37.4 Å². The zero-order valence-electron chi connectivity index (χ0n) is 16.5. The minimum Gasteiger partial charge on any atom is -0.496 e. The molecule has 0 bridgehead atoms. The average molecular weight is 418 g/mol. The van der Waals surface area contributed by atoms with E-state index in [1.807, 2.05) is 30.3 Å². The highest BCUT2D eigenvalue weighted by Gasteiger charge is 2.28. The van der Waals surface area contributed by atoms with Crippen molar-refractivity contribution in [2.75, 3.05) is 12.4 Å². The van der Waals surface area contributed by atoms with Gasteiger partial charge in [0.2, 0.25) is 0 Å². The predicted octanol–water partition coefficient (Wildman–Crippen LogP) is 4.31. The molecule has 1 amide bonds. The first kappa shape index (κ1) is 20.1. The van der Waals surface area contributed by atoms with E-state index in [2.05, 4.69) is 5.32 Å². The molecule has 1 atom stereocenters. The topological polar surface area (TPSA) is 108 Å². The number of rotatable bonds is 5. The number of methoxy groups -OCH3 is 1. The predicted molar refractivity (Wildman–Crippen MR) is 112 cm³/mol. The molecule has 3 aromatic carbocycles. The number of ether oxygens (including phenoxy) is 2. The van der Waals surface area contributed by atoms with Crippen molar-refractivity contribution >= 4 is 23.3 Å². The van der Waals surface area contributed by atoms with Crippen molar-refractivity contribution in [1.82, 2.24) is 0 Å². The van der Waals surface area contributed by atoms with Crippen molar-refractivity contribution < 1.29 is 24.0 Å². The van der Waals surface area contributed by atoms with E-state index in [4.69, 9.17) is 9.47 Å². The lowest BCUT2D eigenvalue weighted by atomic mass is 9.93. The average Bonchev–Trinajstić information content (AvgIpc) is 2.79. The van der Waals surface area contributed by atoms with Gasteiger partial charge in [0.05, 0.1) is 23.7 Å². The van der Waals surface area contributed by atoms with Gasteiger partial charge in [0, 0.05) is 12.0 Å². The van der Waals surface area contributed by atoms with Gasteiger partial charge in [-0.05, 0) is 41.5 Å². The van der Waals surface area contributed by atoms with Crippen LogP contribution in [0.25, 0.3) is 0 Å². The number of nitrogens with zero attached hydrogens (tertiary/aromatic N) is 1. The van der Waals surface area contributed by atoms with E-state index in [0.717, 1.165) is 5.56 Å². The molecular weight excluding hydrogens is 400 g/mol. The van der Waals surface area contributed by atoms with Gasteiger partial charge in [-0.3, -0.25) is 14.9 Å². The van der Waals surface area contributed by atoms with E-state index in [0.29, 0.717) is 23.3 Å². The van der Waals surface area contributed by atoms with Gasteiger partial charge in [-0.25, -0.2) is 4.79 Å². The Hall–Kier alpha value is -4.20. The number of benzene rings is 3. The summed E-state index contributed by atoms with van der Waals surface area (Å²) in [4.78, 5) is 36.0. The molecule has 31 heavy (non-hydrogen) atoms. The van der Waals surface area contributed by atoms with Gasteiger partial charge in [-0.1, -0.05) is 30.3 Å². The van der Waals surface area contributed by atoms with Gasteiger partial charge in [0.15, 0.2) is 0 Å². The number of hydrogen-bond acceptors (Lipinski definition) is 6. The van der Waals surface area contributed by atoms with Crippen LogP contribution in [0.5, 0.6) is 5.75 Å². The van der Waals surface area contributed by atoms with E-state index in [9.17, 15) is 19.7 Å². The summed E-state index contributed by atoms with van der Waals surface area (Å²) in [7, 11) is 1.40. The molecule has 3 aromatic rings. The van der Waals surface area contributed by atoms with Crippen LogP contribution in [0.2, 0.25) is 0 Å². The maximum atomic E-state index is 12.8. The van der Waals surface area contributed by atoms with Crippen molar-refractivity contribution in [1.29, 1.82) is 0 Å². The van der Waals surface area contributed by atoms with E-state index < -0.39 is 22.9 Å². The number of nitro groups is 1. The quantitative estimate of drug-likeness (QED) is 0.376. The van der Waals surface area contributed by atoms with Crippen LogP contribution in [0.3, 0.4) is 0 Å². The lowest BCUT2D eigenvalue weighted by Gasteiger charge is -2.25. The number of hydrogen-bond donors (Lipinski definition) is 1. The number of carbonyl (C=O) groups excluding carboxylic acids is 2. The fourth-order valence-electron chi connectivity index (χ4n) is 3.48. The summed E-state index contributed by atoms with van der Waals surface area (Å²) < 4.78 is 10.5. The monoisotopic (exact) mass is 418 g/mol. The van der Waals surface area contributed by atoms with E-state index in [-0.39, 0.29) is 16.9 Å². The third-order valence-electron chi connectivity index (χ3n) is 5.06. The number of nitro benzene ring substituents is 1. The molecule has 0 saturated heterocycles. The maximum Gasteiger partial charge on any atom is 0.339 e. The molecule has 156 valence electrons. The summed E-state index contributed by atoms with van der Waals surface area (Å²) in [6.07, 6.45) is -0.0169. The van der Waals surface area contributed by atoms with Gasteiger partial charge >= 0.3 is 5.97 Å². The number of esters is 1. The Kier molecular flexibility index (Phi) is 5.36. The van der Waals surface area contributed by atoms with Crippen LogP contribution in [0.15, 0.2) is 66.7 Å². The number of amides is 1. The fraction of sp³-hybridized carbons (Fsp3) is 0.130. The first-order valence-electron chi connectivity index (χ1n) is 9.49. The standard InChI is InChI=1S/C23H18N2O6/c1-30-17-8-10-19(20(13-17)25(28)29)24-22(26)15-7-9-18-16(11-15)12-21(31-23(18)27)14-5-3-2-4-6-14/h2-11,13,21H,12H2,1H3,(H,24,26). The van der Waals surface area contributed by atoms with Crippen LogP contribution in [0, 0.1) is 10.1 Å². The van der Waals surface area contributed by atoms with Crippen LogP contribution in [-0.2, 0) is 11.2 Å². The number of carbonyl (C=O) groups is 2. The highest BCUT2D eigenvalue weighted by Crippen LogP contribution is 2.32. The minimum atomic E-state index is -0.592. The Balaban J connectivity index is 1.60. The van der Waals surface area contributed by atoms with Crippen molar-refractivity contribution in [3.05, 3.63) is 99.1 Å². The SMILES string of the molecule is COc1ccc(NC(=O)c2ccc3c(c2)CC(c2ccccc2)OC3=O)c([N+](=O)[O-])c1. The lowest BCUT2D eigenvalue weighted by Crippen LogP contribution is -2.23. The molecule has 0 fully saturated rings. The second-order valence-corrected chi connectivity index (χ2v) is 6.97. The molecule has 1 unspecified atom stereocenters. The van der Waals surface area contributed by atoms with Crippen molar-refractivity contribution in [3.8, 4) is 5.75 Å². The summed E-state index contributed by atoms with van der Waals surface area (Å²) >= 11 is 0. The van der Waals surface area contributed by atoms with Gasteiger partial charge in [0.25, 0.3) is 11.6 Å². The van der Waals surface area contributed by atoms with Crippen LogP contribution >= 0.6 is 0 Å². The normalized spacial score (nSPS) is 14.9. The second-order valence-electron chi connectivity index (χ2n) is 6.97.